The molecule has 1 spiro atoms. The Morgan fingerprint density at radius 3 is 2.33 bits per heavy atom. The summed E-state index contributed by atoms with van der Waals surface area (Å²) in [6, 6.07) is 9.83. The predicted molar refractivity (Wildman–Crippen MR) is 100 cm³/mol. The van der Waals surface area contributed by atoms with Crippen LogP contribution >= 0.6 is 0 Å². The van der Waals surface area contributed by atoms with Crippen LogP contribution in [0.2, 0.25) is 0 Å². The lowest BCUT2D eigenvalue weighted by molar-refractivity contribution is -0.144. The van der Waals surface area contributed by atoms with Crippen molar-refractivity contribution in [2.45, 2.75) is 19.3 Å². The van der Waals surface area contributed by atoms with Gasteiger partial charge in [-0.15, -0.1) is 0 Å². The fourth-order valence-electron chi connectivity index (χ4n) is 4.67. The first-order valence-electron chi connectivity index (χ1n) is 9.94. The minimum absolute atomic E-state index is 0.115. The molecule has 0 radical (unpaired) electrons. The third-order valence-corrected chi connectivity index (χ3v) is 6.31. The van der Waals surface area contributed by atoms with E-state index in [-0.39, 0.29) is 23.1 Å². The third-order valence-electron chi connectivity index (χ3n) is 6.31. The molecular formula is C21H28N2O4. The Morgan fingerprint density at radius 2 is 1.63 bits per heavy atom. The fourth-order valence-corrected chi connectivity index (χ4v) is 4.67. The monoisotopic (exact) mass is 372 g/mol. The minimum atomic E-state index is -0.139. The number of likely N-dealkylation sites (tertiary alicyclic amines) is 1. The molecule has 6 nitrogen and oxygen atoms in total. The van der Waals surface area contributed by atoms with Gasteiger partial charge in [-0.3, -0.25) is 9.59 Å². The standard InChI is InChI=1S/C21H28N2O4/c24-19(14-17-4-2-1-3-5-17)23-15-18(20(25)22-8-12-27-13-9-22)21(16-23)6-10-26-11-7-21/h1-5,18H,6-16H2. The second-order valence-electron chi connectivity index (χ2n) is 7.90. The van der Waals surface area contributed by atoms with Gasteiger partial charge in [0.1, 0.15) is 0 Å². The van der Waals surface area contributed by atoms with Crippen molar-refractivity contribution in [1.29, 1.82) is 0 Å². The topological polar surface area (TPSA) is 59.1 Å². The lowest BCUT2D eigenvalue weighted by atomic mass is 9.71. The SMILES string of the molecule is O=C(Cc1ccccc1)N1CC(C(=O)N2CCOCC2)C2(CCOCC2)C1. The average molecular weight is 372 g/mol. The molecule has 4 rings (SSSR count). The Labute approximate surface area is 160 Å². The van der Waals surface area contributed by atoms with E-state index in [0.29, 0.717) is 59.0 Å². The van der Waals surface area contributed by atoms with Crippen LogP contribution in [0.5, 0.6) is 0 Å². The van der Waals surface area contributed by atoms with Crippen LogP contribution in [0, 0.1) is 11.3 Å². The predicted octanol–water partition coefficient (Wildman–Crippen LogP) is 1.34. The summed E-state index contributed by atoms with van der Waals surface area (Å²) in [5.74, 6) is 0.179. The average Bonchev–Trinajstić information content (AvgIpc) is 3.08. The molecule has 146 valence electrons. The number of rotatable bonds is 3. The maximum atomic E-state index is 13.3. The van der Waals surface area contributed by atoms with E-state index < -0.39 is 0 Å². The van der Waals surface area contributed by atoms with Crippen LogP contribution in [0.3, 0.4) is 0 Å². The Hall–Kier alpha value is -1.92. The van der Waals surface area contributed by atoms with Gasteiger partial charge in [-0.25, -0.2) is 0 Å². The fraction of sp³-hybridized carbons (Fsp3) is 0.619. The second-order valence-corrected chi connectivity index (χ2v) is 7.90. The summed E-state index contributed by atoms with van der Waals surface area (Å²) in [5, 5.41) is 0. The number of hydrogen-bond donors (Lipinski definition) is 0. The van der Waals surface area contributed by atoms with Crippen LogP contribution in [0.15, 0.2) is 30.3 Å². The summed E-state index contributed by atoms with van der Waals surface area (Å²) >= 11 is 0. The zero-order valence-electron chi connectivity index (χ0n) is 15.8. The van der Waals surface area contributed by atoms with Crippen molar-refractivity contribution in [3.8, 4) is 0 Å². The van der Waals surface area contributed by atoms with Crippen LogP contribution in [0.1, 0.15) is 18.4 Å². The lowest BCUT2D eigenvalue weighted by Gasteiger charge is -2.39. The highest BCUT2D eigenvalue weighted by molar-refractivity contribution is 5.84. The van der Waals surface area contributed by atoms with E-state index in [1.807, 2.05) is 40.1 Å². The highest BCUT2D eigenvalue weighted by atomic mass is 16.5. The van der Waals surface area contributed by atoms with E-state index >= 15 is 0 Å². The van der Waals surface area contributed by atoms with Gasteiger partial charge in [-0.1, -0.05) is 30.3 Å². The summed E-state index contributed by atoms with van der Waals surface area (Å²) in [5.41, 5.74) is 0.881. The van der Waals surface area contributed by atoms with Gasteiger partial charge in [0.05, 0.1) is 25.6 Å². The maximum Gasteiger partial charge on any atom is 0.228 e. The molecule has 3 aliphatic heterocycles. The van der Waals surface area contributed by atoms with E-state index in [4.69, 9.17) is 9.47 Å². The third kappa shape index (κ3) is 3.87. The highest BCUT2D eigenvalue weighted by Gasteiger charge is 2.52. The zero-order valence-corrected chi connectivity index (χ0v) is 15.8. The Balaban J connectivity index is 1.50. The summed E-state index contributed by atoms with van der Waals surface area (Å²) < 4.78 is 11.0. The van der Waals surface area contributed by atoms with Crippen LogP contribution in [-0.4, -0.2) is 74.2 Å². The molecule has 0 aromatic heterocycles. The second kappa shape index (κ2) is 7.98. The maximum absolute atomic E-state index is 13.3. The van der Waals surface area contributed by atoms with Crippen molar-refractivity contribution >= 4 is 11.8 Å². The smallest absolute Gasteiger partial charge is 0.228 e. The molecule has 0 saturated carbocycles. The van der Waals surface area contributed by atoms with E-state index in [1.165, 1.54) is 0 Å². The summed E-state index contributed by atoms with van der Waals surface area (Å²) in [7, 11) is 0. The molecule has 3 heterocycles. The van der Waals surface area contributed by atoms with E-state index in [9.17, 15) is 9.59 Å². The molecule has 6 heteroatoms. The lowest BCUT2D eigenvalue weighted by Crippen LogP contribution is -2.49. The molecule has 1 unspecified atom stereocenters. The Bertz CT molecular complexity index is 666. The number of amides is 2. The first kappa shape index (κ1) is 18.4. The van der Waals surface area contributed by atoms with Crippen molar-refractivity contribution in [3.05, 3.63) is 35.9 Å². The number of ether oxygens (including phenoxy) is 2. The van der Waals surface area contributed by atoms with Crippen LogP contribution in [0.25, 0.3) is 0 Å². The molecule has 1 atom stereocenters. The van der Waals surface area contributed by atoms with Crippen molar-refractivity contribution in [2.75, 3.05) is 52.6 Å². The number of nitrogens with zero attached hydrogens (tertiary/aromatic N) is 2. The minimum Gasteiger partial charge on any atom is -0.381 e. The van der Waals surface area contributed by atoms with Crippen LogP contribution < -0.4 is 0 Å². The molecule has 0 aliphatic carbocycles. The Morgan fingerprint density at radius 1 is 0.963 bits per heavy atom. The van der Waals surface area contributed by atoms with Gasteiger partial charge in [0.2, 0.25) is 11.8 Å². The highest BCUT2D eigenvalue weighted by Crippen LogP contribution is 2.45. The molecule has 1 aromatic carbocycles. The van der Waals surface area contributed by atoms with Crippen LogP contribution in [0.4, 0.5) is 0 Å². The molecule has 27 heavy (non-hydrogen) atoms. The first-order valence-corrected chi connectivity index (χ1v) is 9.94. The first-order chi connectivity index (χ1) is 13.2. The van der Waals surface area contributed by atoms with Gasteiger partial charge in [0, 0.05) is 44.8 Å². The van der Waals surface area contributed by atoms with Gasteiger partial charge >= 0.3 is 0 Å². The summed E-state index contributed by atoms with van der Waals surface area (Å²) in [4.78, 5) is 30.1. The number of hydrogen-bond acceptors (Lipinski definition) is 4. The molecule has 1 aromatic rings. The molecule has 0 bridgehead atoms. The van der Waals surface area contributed by atoms with Gasteiger partial charge in [-0.2, -0.15) is 0 Å². The molecular weight excluding hydrogens is 344 g/mol. The van der Waals surface area contributed by atoms with E-state index in [2.05, 4.69) is 0 Å². The summed E-state index contributed by atoms with van der Waals surface area (Å²) in [6.07, 6.45) is 2.09. The largest absolute Gasteiger partial charge is 0.381 e. The normalized spacial score (nSPS) is 25.0. The van der Waals surface area contributed by atoms with Gasteiger partial charge < -0.3 is 19.3 Å². The van der Waals surface area contributed by atoms with Crippen molar-refractivity contribution in [1.82, 2.24) is 9.80 Å². The van der Waals surface area contributed by atoms with Crippen molar-refractivity contribution in [2.24, 2.45) is 11.3 Å². The number of carbonyl (C=O) groups excluding carboxylic acids is 2. The molecule has 3 saturated heterocycles. The molecule has 3 aliphatic rings. The van der Waals surface area contributed by atoms with Gasteiger partial charge in [0.15, 0.2) is 0 Å². The summed E-state index contributed by atoms with van der Waals surface area (Å²) in [6.45, 7) is 5.06. The number of carbonyl (C=O) groups is 2. The molecule has 0 N–H and O–H groups in total. The number of morpholine rings is 1. The van der Waals surface area contributed by atoms with E-state index in [1.54, 1.807) is 0 Å². The molecule has 3 fully saturated rings. The van der Waals surface area contributed by atoms with Crippen molar-refractivity contribution < 1.29 is 19.1 Å². The zero-order chi connectivity index (χ0) is 18.7. The quantitative estimate of drug-likeness (QED) is 0.804. The van der Waals surface area contributed by atoms with E-state index in [0.717, 1.165) is 18.4 Å². The molecule has 2 amide bonds. The van der Waals surface area contributed by atoms with Crippen molar-refractivity contribution in [3.63, 3.8) is 0 Å². The van der Waals surface area contributed by atoms with Gasteiger partial charge in [-0.05, 0) is 18.4 Å². The number of benzene rings is 1. The Kier molecular flexibility index (Phi) is 5.45. The van der Waals surface area contributed by atoms with Gasteiger partial charge in [0.25, 0.3) is 0 Å². The van der Waals surface area contributed by atoms with Crippen LogP contribution in [-0.2, 0) is 25.5 Å².